The number of benzene rings is 3. The molecule has 9 heteroatoms. The number of allylic oxidation sites excluding steroid dienone is 4. The highest BCUT2D eigenvalue weighted by molar-refractivity contribution is 6.11. The minimum absolute atomic E-state index is 0.0611. The van der Waals surface area contributed by atoms with Gasteiger partial charge in [0, 0.05) is 40.1 Å². The SMILES string of the molecule is NC(N)=NCCCC(NC(=O)c1ccc(C(=O)C2=CCCC=C2)cc1)C(=O)Nc1cccc(C(=O)c2ccccc2)c1. The van der Waals surface area contributed by atoms with Crippen LogP contribution in [0.4, 0.5) is 5.69 Å². The second-order valence-electron chi connectivity index (χ2n) is 9.79. The predicted octanol–water partition coefficient (Wildman–Crippen LogP) is 4.17. The highest BCUT2D eigenvalue weighted by Crippen LogP contribution is 2.18. The number of ketones is 2. The Kier molecular flexibility index (Phi) is 10.1. The van der Waals surface area contributed by atoms with E-state index in [0.29, 0.717) is 39.9 Å². The van der Waals surface area contributed by atoms with E-state index in [9.17, 15) is 19.2 Å². The lowest BCUT2D eigenvalue weighted by atomic mass is 9.97. The molecule has 0 heterocycles. The van der Waals surface area contributed by atoms with Gasteiger partial charge in [-0.1, -0.05) is 72.8 Å². The zero-order valence-electron chi connectivity index (χ0n) is 23.1. The highest BCUT2D eigenvalue weighted by atomic mass is 16.2. The zero-order valence-corrected chi connectivity index (χ0v) is 23.1. The maximum Gasteiger partial charge on any atom is 0.251 e. The Morgan fingerprint density at radius 3 is 2.17 bits per heavy atom. The van der Waals surface area contributed by atoms with Crippen LogP contribution in [0.25, 0.3) is 0 Å². The summed E-state index contributed by atoms with van der Waals surface area (Å²) in [7, 11) is 0. The first kappa shape index (κ1) is 29.7. The topological polar surface area (TPSA) is 157 Å². The Morgan fingerprint density at radius 2 is 1.48 bits per heavy atom. The summed E-state index contributed by atoms with van der Waals surface area (Å²) in [6, 6.07) is 20.9. The van der Waals surface area contributed by atoms with Crippen molar-refractivity contribution in [3.8, 4) is 0 Å². The minimum atomic E-state index is -0.918. The number of guanidine groups is 1. The molecule has 3 aromatic rings. The second kappa shape index (κ2) is 14.4. The van der Waals surface area contributed by atoms with Crippen molar-refractivity contribution in [2.45, 2.75) is 31.7 Å². The van der Waals surface area contributed by atoms with Crippen LogP contribution in [0.5, 0.6) is 0 Å². The molecule has 4 rings (SSSR count). The fraction of sp³-hybridized carbons (Fsp3) is 0.182. The molecule has 1 aliphatic carbocycles. The lowest BCUT2D eigenvalue weighted by Crippen LogP contribution is -2.44. The van der Waals surface area contributed by atoms with E-state index in [-0.39, 0.29) is 30.5 Å². The van der Waals surface area contributed by atoms with Gasteiger partial charge in [-0.15, -0.1) is 0 Å². The van der Waals surface area contributed by atoms with Crippen LogP contribution in [0.3, 0.4) is 0 Å². The Hall–Kier alpha value is -5.31. The summed E-state index contributed by atoms with van der Waals surface area (Å²) in [5.41, 5.74) is 13.6. The van der Waals surface area contributed by atoms with Crippen LogP contribution < -0.4 is 22.1 Å². The number of carbonyl (C=O) groups is 4. The monoisotopic (exact) mass is 563 g/mol. The Bertz CT molecular complexity index is 1540. The van der Waals surface area contributed by atoms with Gasteiger partial charge in [0.05, 0.1) is 0 Å². The summed E-state index contributed by atoms with van der Waals surface area (Å²) >= 11 is 0. The number of anilines is 1. The molecular formula is C33H33N5O4. The first-order valence-electron chi connectivity index (χ1n) is 13.7. The summed E-state index contributed by atoms with van der Waals surface area (Å²) in [5.74, 6) is -1.27. The van der Waals surface area contributed by atoms with Crippen molar-refractivity contribution in [2.24, 2.45) is 16.5 Å². The van der Waals surface area contributed by atoms with E-state index in [0.717, 1.165) is 12.8 Å². The van der Waals surface area contributed by atoms with Crippen molar-refractivity contribution in [1.29, 1.82) is 0 Å². The number of nitrogens with zero attached hydrogens (tertiary/aromatic N) is 1. The third kappa shape index (κ3) is 8.11. The Balaban J connectivity index is 1.46. The van der Waals surface area contributed by atoms with Gasteiger partial charge in [-0.05, 0) is 49.9 Å². The van der Waals surface area contributed by atoms with Gasteiger partial charge in [-0.2, -0.15) is 0 Å². The molecule has 6 N–H and O–H groups in total. The molecule has 0 bridgehead atoms. The molecule has 1 atom stereocenters. The molecular weight excluding hydrogens is 530 g/mol. The molecule has 3 aromatic carbocycles. The smallest absolute Gasteiger partial charge is 0.251 e. The summed E-state index contributed by atoms with van der Waals surface area (Å²) in [5, 5.41) is 5.59. The van der Waals surface area contributed by atoms with E-state index in [4.69, 9.17) is 11.5 Å². The lowest BCUT2D eigenvalue weighted by molar-refractivity contribution is -0.118. The quantitative estimate of drug-likeness (QED) is 0.112. The first-order valence-corrected chi connectivity index (χ1v) is 13.7. The molecule has 0 aromatic heterocycles. The summed E-state index contributed by atoms with van der Waals surface area (Å²) in [6.07, 6.45) is 8.09. The van der Waals surface area contributed by atoms with Crippen LogP contribution in [0, 0.1) is 0 Å². The fourth-order valence-corrected chi connectivity index (χ4v) is 4.46. The third-order valence-corrected chi connectivity index (χ3v) is 6.66. The highest BCUT2D eigenvalue weighted by Gasteiger charge is 2.22. The lowest BCUT2D eigenvalue weighted by Gasteiger charge is -2.19. The van der Waals surface area contributed by atoms with Gasteiger partial charge in [0.25, 0.3) is 5.91 Å². The van der Waals surface area contributed by atoms with Crippen molar-refractivity contribution in [3.63, 3.8) is 0 Å². The second-order valence-corrected chi connectivity index (χ2v) is 9.79. The van der Waals surface area contributed by atoms with Crippen LogP contribution in [0.1, 0.15) is 62.3 Å². The molecule has 0 fully saturated rings. The number of rotatable bonds is 12. The van der Waals surface area contributed by atoms with Gasteiger partial charge < -0.3 is 22.1 Å². The van der Waals surface area contributed by atoms with E-state index in [1.165, 1.54) is 0 Å². The van der Waals surface area contributed by atoms with Crippen LogP contribution in [0.15, 0.2) is 108 Å². The third-order valence-electron chi connectivity index (χ3n) is 6.66. The molecule has 2 amide bonds. The normalized spacial score (nSPS) is 12.9. The largest absolute Gasteiger partial charge is 0.370 e. The molecule has 9 nitrogen and oxygen atoms in total. The number of hydrogen-bond acceptors (Lipinski definition) is 5. The van der Waals surface area contributed by atoms with Crippen molar-refractivity contribution < 1.29 is 19.2 Å². The number of amides is 2. The van der Waals surface area contributed by atoms with E-state index in [2.05, 4.69) is 15.6 Å². The number of nitrogens with two attached hydrogens (primary N) is 2. The van der Waals surface area contributed by atoms with Crippen molar-refractivity contribution in [1.82, 2.24) is 5.32 Å². The molecule has 0 saturated heterocycles. The average Bonchev–Trinajstić information content (AvgIpc) is 3.02. The van der Waals surface area contributed by atoms with Gasteiger partial charge in [0.1, 0.15) is 6.04 Å². The molecule has 1 unspecified atom stereocenters. The van der Waals surface area contributed by atoms with Crippen LogP contribution >= 0.6 is 0 Å². The number of aliphatic imine (C=N–C) groups is 1. The van der Waals surface area contributed by atoms with Gasteiger partial charge in [0.15, 0.2) is 17.5 Å². The molecule has 1 aliphatic rings. The summed E-state index contributed by atoms with van der Waals surface area (Å²) in [4.78, 5) is 56.0. The van der Waals surface area contributed by atoms with E-state index >= 15 is 0 Å². The average molecular weight is 564 g/mol. The van der Waals surface area contributed by atoms with Gasteiger partial charge in [0.2, 0.25) is 5.91 Å². The fourth-order valence-electron chi connectivity index (χ4n) is 4.46. The van der Waals surface area contributed by atoms with Crippen molar-refractivity contribution in [3.05, 3.63) is 125 Å². The van der Waals surface area contributed by atoms with E-state index in [1.807, 2.05) is 24.3 Å². The Morgan fingerprint density at radius 1 is 0.786 bits per heavy atom. The molecule has 42 heavy (non-hydrogen) atoms. The van der Waals surface area contributed by atoms with Crippen LogP contribution in [-0.4, -0.2) is 41.9 Å². The maximum absolute atomic E-state index is 13.3. The standard InChI is InChI=1S/C33H33N5O4/c34-33(35)36-20-8-15-28(32(42)37-27-14-7-13-26(21-27)30(40)23-11-5-2-6-12-23)38-31(41)25-18-16-24(17-19-25)29(39)22-9-3-1-4-10-22/h2-3,5-7,9-14,16-19,21,28H,1,4,8,15,20H2,(H,37,42)(H,38,41)(H4,34,35,36). The number of carbonyl (C=O) groups excluding carboxylic acids is 4. The van der Waals surface area contributed by atoms with Crippen LogP contribution in [0.2, 0.25) is 0 Å². The summed E-state index contributed by atoms with van der Waals surface area (Å²) < 4.78 is 0. The first-order chi connectivity index (χ1) is 20.3. The van der Waals surface area contributed by atoms with E-state index < -0.39 is 17.9 Å². The molecule has 0 spiro atoms. The van der Waals surface area contributed by atoms with Crippen molar-refractivity contribution in [2.75, 3.05) is 11.9 Å². The van der Waals surface area contributed by atoms with Crippen molar-refractivity contribution >= 4 is 35.0 Å². The number of nitrogens with one attached hydrogen (secondary N) is 2. The predicted molar refractivity (Wildman–Crippen MR) is 163 cm³/mol. The van der Waals surface area contributed by atoms with Gasteiger partial charge >= 0.3 is 0 Å². The van der Waals surface area contributed by atoms with E-state index in [1.54, 1.807) is 72.8 Å². The molecule has 0 radical (unpaired) electrons. The number of Topliss-reactive ketones (excluding diaryl/α,β-unsaturated/α-hetero) is 1. The molecule has 0 saturated carbocycles. The Labute approximate surface area is 244 Å². The zero-order chi connectivity index (χ0) is 29.9. The number of hydrogen-bond donors (Lipinski definition) is 4. The van der Waals surface area contributed by atoms with Gasteiger partial charge in [-0.3, -0.25) is 24.2 Å². The van der Waals surface area contributed by atoms with Crippen LogP contribution in [-0.2, 0) is 4.79 Å². The summed E-state index contributed by atoms with van der Waals surface area (Å²) in [6.45, 7) is 0.282. The molecule has 214 valence electrons. The maximum atomic E-state index is 13.3. The minimum Gasteiger partial charge on any atom is -0.370 e. The molecule has 0 aliphatic heterocycles. The van der Waals surface area contributed by atoms with Gasteiger partial charge in [-0.25, -0.2) is 0 Å².